The Morgan fingerprint density at radius 3 is 2.75 bits per heavy atom. The number of non-ortho nitro benzene ring substituents is 1. The van der Waals surface area contributed by atoms with E-state index in [0.29, 0.717) is 11.6 Å². The first-order valence-electron chi connectivity index (χ1n) is 6.30. The van der Waals surface area contributed by atoms with Crippen LogP contribution in [0.2, 0.25) is 5.02 Å². The van der Waals surface area contributed by atoms with Crippen LogP contribution in [0.1, 0.15) is 22.9 Å². The third-order valence-electron chi connectivity index (χ3n) is 3.07. The van der Waals surface area contributed by atoms with Crippen molar-refractivity contribution in [3.05, 3.63) is 60.8 Å². The van der Waals surface area contributed by atoms with Crippen LogP contribution in [0.25, 0.3) is 0 Å². The Labute approximate surface area is 126 Å². The van der Waals surface area contributed by atoms with Crippen LogP contribution in [0.15, 0.2) is 29.6 Å². The molecular formula is C14H15ClN2O2S. The molecule has 2 aromatic rings. The van der Waals surface area contributed by atoms with Crippen molar-refractivity contribution >= 4 is 28.6 Å². The Hall–Kier alpha value is -1.43. The van der Waals surface area contributed by atoms with Gasteiger partial charge in [0.05, 0.1) is 9.95 Å². The van der Waals surface area contributed by atoms with Crippen molar-refractivity contribution in [2.45, 2.75) is 26.4 Å². The summed E-state index contributed by atoms with van der Waals surface area (Å²) in [7, 11) is 0. The van der Waals surface area contributed by atoms with E-state index in [1.807, 2.05) is 0 Å². The van der Waals surface area contributed by atoms with E-state index in [9.17, 15) is 10.1 Å². The number of nitrogens with zero attached hydrogens (tertiary/aromatic N) is 1. The van der Waals surface area contributed by atoms with E-state index < -0.39 is 4.92 Å². The molecule has 0 saturated heterocycles. The number of nitro groups is 1. The Morgan fingerprint density at radius 1 is 1.30 bits per heavy atom. The highest BCUT2D eigenvalue weighted by atomic mass is 35.5. The molecule has 20 heavy (non-hydrogen) atoms. The number of rotatable bonds is 6. The molecule has 6 heteroatoms. The molecule has 2 rings (SSSR count). The number of nitrogens with one attached hydrogen (secondary N) is 1. The number of nitro benzene ring substituents is 1. The zero-order chi connectivity index (χ0) is 14.5. The second kappa shape index (κ2) is 6.83. The van der Waals surface area contributed by atoms with Gasteiger partial charge >= 0.3 is 0 Å². The van der Waals surface area contributed by atoms with Gasteiger partial charge in [-0.15, -0.1) is 11.3 Å². The lowest BCUT2D eigenvalue weighted by Crippen LogP contribution is -2.13. The summed E-state index contributed by atoms with van der Waals surface area (Å²) in [6.45, 7) is 3.52. The number of halogens is 1. The molecule has 1 heterocycles. The second-order valence-corrected chi connectivity index (χ2v) is 5.77. The summed E-state index contributed by atoms with van der Waals surface area (Å²) in [5.74, 6) is 0. The maximum absolute atomic E-state index is 10.6. The summed E-state index contributed by atoms with van der Waals surface area (Å²) in [5, 5.41) is 16.5. The summed E-state index contributed by atoms with van der Waals surface area (Å²) in [4.78, 5) is 11.5. The first-order valence-corrected chi connectivity index (χ1v) is 7.56. The predicted molar refractivity (Wildman–Crippen MR) is 82.3 cm³/mol. The van der Waals surface area contributed by atoms with Crippen molar-refractivity contribution in [2.24, 2.45) is 0 Å². The van der Waals surface area contributed by atoms with Gasteiger partial charge in [0.1, 0.15) is 0 Å². The van der Waals surface area contributed by atoms with Gasteiger partial charge in [-0.2, -0.15) is 0 Å². The molecule has 0 aliphatic heterocycles. The maximum atomic E-state index is 10.6. The van der Waals surface area contributed by atoms with Crippen molar-refractivity contribution in [2.75, 3.05) is 0 Å². The summed E-state index contributed by atoms with van der Waals surface area (Å²) in [6.07, 6.45) is 1.03. The average Bonchev–Trinajstić information content (AvgIpc) is 2.87. The Bertz CT molecular complexity index is 613. The van der Waals surface area contributed by atoms with Gasteiger partial charge in [-0.3, -0.25) is 10.1 Å². The number of benzene rings is 1. The van der Waals surface area contributed by atoms with Crippen LogP contribution in [0, 0.1) is 10.1 Å². The molecule has 0 radical (unpaired) electrons. The van der Waals surface area contributed by atoms with Crippen LogP contribution >= 0.6 is 22.9 Å². The fourth-order valence-electron chi connectivity index (χ4n) is 1.94. The van der Waals surface area contributed by atoms with Gasteiger partial charge in [-0.05, 0) is 35.1 Å². The van der Waals surface area contributed by atoms with Crippen molar-refractivity contribution < 1.29 is 4.92 Å². The summed E-state index contributed by atoms with van der Waals surface area (Å²) in [6, 6.07) is 6.70. The summed E-state index contributed by atoms with van der Waals surface area (Å²) in [5.41, 5.74) is 2.24. The average molecular weight is 311 g/mol. The second-order valence-electron chi connectivity index (χ2n) is 4.36. The molecule has 0 aliphatic rings. The van der Waals surface area contributed by atoms with Crippen molar-refractivity contribution in [3.8, 4) is 0 Å². The molecule has 0 amide bonds. The monoisotopic (exact) mass is 310 g/mol. The SMILES string of the molecule is CCc1ccsc1CNCc1ccc([N+](=O)[O-])cc1Cl. The first kappa shape index (κ1) is 15.0. The van der Waals surface area contributed by atoms with Crippen molar-refractivity contribution in [1.29, 1.82) is 0 Å². The zero-order valence-corrected chi connectivity index (χ0v) is 12.6. The lowest BCUT2D eigenvalue weighted by atomic mass is 10.2. The lowest BCUT2D eigenvalue weighted by molar-refractivity contribution is -0.384. The van der Waals surface area contributed by atoms with Crippen LogP contribution in [-0.4, -0.2) is 4.92 Å². The Morgan fingerprint density at radius 2 is 2.10 bits per heavy atom. The smallest absolute Gasteiger partial charge is 0.270 e. The highest BCUT2D eigenvalue weighted by Gasteiger charge is 2.09. The fourth-order valence-corrected chi connectivity index (χ4v) is 3.13. The quantitative estimate of drug-likeness (QED) is 0.644. The van der Waals surface area contributed by atoms with E-state index in [1.54, 1.807) is 17.4 Å². The number of thiophene rings is 1. The normalized spacial score (nSPS) is 10.7. The first-order chi connectivity index (χ1) is 9.61. The van der Waals surface area contributed by atoms with Gasteiger partial charge < -0.3 is 5.32 Å². The molecule has 0 aliphatic carbocycles. The molecule has 4 nitrogen and oxygen atoms in total. The van der Waals surface area contributed by atoms with Crippen LogP contribution < -0.4 is 5.32 Å². The van der Waals surface area contributed by atoms with Crippen LogP contribution in [0.5, 0.6) is 0 Å². The van der Waals surface area contributed by atoms with E-state index >= 15 is 0 Å². The van der Waals surface area contributed by atoms with E-state index in [4.69, 9.17) is 11.6 Å². The predicted octanol–water partition coefficient (Wildman–Crippen LogP) is 4.16. The molecule has 1 aromatic heterocycles. The van der Waals surface area contributed by atoms with Gasteiger partial charge in [0.2, 0.25) is 0 Å². The van der Waals surface area contributed by atoms with Crippen LogP contribution in [-0.2, 0) is 19.5 Å². The van der Waals surface area contributed by atoms with Gasteiger partial charge in [0, 0.05) is 30.1 Å². The summed E-state index contributed by atoms with van der Waals surface area (Å²) >= 11 is 7.79. The van der Waals surface area contributed by atoms with Crippen molar-refractivity contribution in [1.82, 2.24) is 5.32 Å². The third-order valence-corrected chi connectivity index (χ3v) is 4.38. The van der Waals surface area contributed by atoms with E-state index in [0.717, 1.165) is 18.5 Å². The lowest BCUT2D eigenvalue weighted by Gasteiger charge is -2.07. The van der Waals surface area contributed by atoms with Crippen LogP contribution in [0.4, 0.5) is 5.69 Å². The molecule has 0 spiro atoms. The van der Waals surface area contributed by atoms with Crippen LogP contribution in [0.3, 0.4) is 0 Å². The number of hydrogen-bond acceptors (Lipinski definition) is 4. The number of hydrogen-bond donors (Lipinski definition) is 1. The van der Waals surface area contributed by atoms with E-state index in [2.05, 4.69) is 23.7 Å². The van der Waals surface area contributed by atoms with Gasteiger partial charge in [-0.1, -0.05) is 18.5 Å². The molecule has 0 saturated carbocycles. The largest absolute Gasteiger partial charge is 0.308 e. The third kappa shape index (κ3) is 3.56. The minimum absolute atomic E-state index is 0.0188. The molecule has 0 bridgehead atoms. The fraction of sp³-hybridized carbons (Fsp3) is 0.286. The van der Waals surface area contributed by atoms with Gasteiger partial charge in [0.15, 0.2) is 0 Å². The Kier molecular flexibility index (Phi) is 5.11. The van der Waals surface area contributed by atoms with E-state index in [1.165, 1.54) is 22.6 Å². The minimum Gasteiger partial charge on any atom is -0.308 e. The van der Waals surface area contributed by atoms with Gasteiger partial charge in [-0.25, -0.2) is 0 Å². The molecule has 106 valence electrons. The molecule has 1 N–H and O–H groups in total. The molecule has 0 atom stereocenters. The van der Waals surface area contributed by atoms with Gasteiger partial charge in [0.25, 0.3) is 5.69 Å². The summed E-state index contributed by atoms with van der Waals surface area (Å²) < 4.78 is 0. The van der Waals surface area contributed by atoms with Crippen molar-refractivity contribution in [3.63, 3.8) is 0 Å². The Balaban J connectivity index is 1.96. The minimum atomic E-state index is -0.442. The topological polar surface area (TPSA) is 55.2 Å². The molecule has 0 fully saturated rings. The highest BCUT2D eigenvalue weighted by molar-refractivity contribution is 7.10. The highest BCUT2D eigenvalue weighted by Crippen LogP contribution is 2.23. The van der Waals surface area contributed by atoms with E-state index in [-0.39, 0.29) is 5.69 Å². The zero-order valence-electron chi connectivity index (χ0n) is 11.1. The molecular weight excluding hydrogens is 296 g/mol. The number of aryl methyl sites for hydroxylation is 1. The maximum Gasteiger partial charge on any atom is 0.270 e. The standard InChI is InChI=1S/C14H15ClN2O2S/c1-2-10-5-6-20-14(10)9-16-8-11-3-4-12(17(18)19)7-13(11)15/h3-7,16H,2,8-9H2,1H3. The molecule has 1 aromatic carbocycles. The molecule has 0 unspecified atom stereocenters.